The molecule has 1 N–H and O–H groups in total. The predicted molar refractivity (Wildman–Crippen MR) is 89.6 cm³/mol. The van der Waals surface area contributed by atoms with Crippen LogP contribution in [0.5, 0.6) is 0 Å². The number of hydrogen-bond donors (Lipinski definition) is 1. The summed E-state index contributed by atoms with van der Waals surface area (Å²) in [6.45, 7) is 5.74. The number of anilines is 1. The van der Waals surface area contributed by atoms with E-state index in [4.69, 9.17) is 14.7 Å². The van der Waals surface area contributed by atoms with Gasteiger partial charge < -0.3 is 10.1 Å². The van der Waals surface area contributed by atoms with E-state index in [0.717, 1.165) is 34.3 Å². The van der Waals surface area contributed by atoms with E-state index in [1.165, 1.54) is 32.1 Å². The van der Waals surface area contributed by atoms with Crippen LogP contribution in [0, 0.1) is 5.92 Å². The highest BCUT2D eigenvalue weighted by atomic mass is 79.9. The smallest absolute Gasteiger partial charge is 0.144 e. The molecule has 0 amide bonds. The Morgan fingerprint density at radius 2 is 1.90 bits per heavy atom. The van der Waals surface area contributed by atoms with Crippen molar-refractivity contribution in [3.63, 3.8) is 0 Å². The van der Waals surface area contributed by atoms with Gasteiger partial charge in [0, 0.05) is 19.6 Å². The fraction of sp³-hybridized carbons (Fsp3) is 0.750. The normalized spacial score (nSPS) is 22.3. The molecule has 1 heterocycles. The molecule has 1 fully saturated rings. The summed E-state index contributed by atoms with van der Waals surface area (Å²) in [6, 6.07) is 0. The van der Waals surface area contributed by atoms with Crippen molar-refractivity contribution in [3.8, 4) is 0 Å². The number of nitrogens with one attached hydrogen (secondary N) is 1. The topological polar surface area (TPSA) is 47.0 Å². The molecule has 0 spiro atoms. The van der Waals surface area contributed by atoms with Crippen LogP contribution in [0.1, 0.15) is 63.4 Å². The van der Waals surface area contributed by atoms with Gasteiger partial charge in [0.2, 0.25) is 0 Å². The number of ether oxygens (including phenoxy) is 1. The second kappa shape index (κ2) is 8.08. The van der Waals surface area contributed by atoms with Crippen LogP contribution in [0.15, 0.2) is 4.47 Å². The fourth-order valence-electron chi connectivity index (χ4n) is 3.04. The molecule has 0 bridgehead atoms. The Kier molecular flexibility index (Phi) is 6.42. The van der Waals surface area contributed by atoms with Crippen LogP contribution in [0.2, 0.25) is 0 Å². The maximum atomic E-state index is 5.27. The monoisotopic (exact) mass is 355 g/mol. The Labute approximate surface area is 136 Å². The average Bonchev–Trinajstić information content (AvgIpc) is 2.51. The number of aromatic nitrogens is 2. The Bertz CT molecular complexity index is 432. The highest BCUT2D eigenvalue weighted by molar-refractivity contribution is 9.10. The van der Waals surface area contributed by atoms with E-state index in [1.54, 1.807) is 7.11 Å². The van der Waals surface area contributed by atoms with Crippen molar-refractivity contribution < 1.29 is 4.74 Å². The summed E-state index contributed by atoms with van der Waals surface area (Å²) in [5.74, 6) is 3.26. The lowest BCUT2D eigenvalue weighted by Gasteiger charge is -2.27. The van der Waals surface area contributed by atoms with Crippen molar-refractivity contribution in [2.75, 3.05) is 19.0 Å². The number of halogens is 1. The summed E-state index contributed by atoms with van der Waals surface area (Å²) in [6.07, 6.45) is 6.31. The van der Waals surface area contributed by atoms with Crippen LogP contribution in [-0.2, 0) is 11.3 Å². The second-order valence-corrected chi connectivity index (χ2v) is 6.57. The van der Waals surface area contributed by atoms with Crippen molar-refractivity contribution in [1.29, 1.82) is 0 Å². The van der Waals surface area contributed by atoms with E-state index < -0.39 is 0 Å². The molecule has 0 radical (unpaired) electrons. The van der Waals surface area contributed by atoms with E-state index in [-0.39, 0.29) is 0 Å². The SMILES string of the molecule is CCNc1nc(C2CCC(CC)CC2)nc(COC)c1Br. The van der Waals surface area contributed by atoms with E-state index in [2.05, 4.69) is 35.1 Å². The maximum Gasteiger partial charge on any atom is 0.144 e. The van der Waals surface area contributed by atoms with Crippen LogP contribution < -0.4 is 5.32 Å². The van der Waals surface area contributed by atoms with Crippen LogP contribution in [0.25, 0.3) is 0 Å². The zero-order valence-corrected chi connectivity index (χ0v) is 14.9. The number of rotatable bonds is 6. The minimum Gasteiger partial charge on any atom is -0.378 e. The molecule has 1 aromatic rings. The summed E-state index contributed by atoms with van der Waals surface area (Å²) in [7, 11) is 1.70. The molecule has 5 heteroatoms. The molecule has 0 unspecified atom stereocenters. The zero-order valence-electron chi connectivity index (χ0n) is 13.3. The molecule has 0 aliphatic heterocycles. The zero-order chi connectivity index (χ0) is 15.2. The Balaban J connectivity index is 2.22. The van der Waals surface area contributed by atoms with Gasteiger partial charge in [0.1, 0.15) is 11.6 Å². The van der Waals surface area contributed by atoms with E-state index in [0.29, 0.717) is 12.5 Å². The van der Waals surface area contributed by atoms with Gasteiger partial charge in [-0.25, -0.2) is 9.97 Å². The standard InChI is InChI=1S/C16H26BrN3O/c1-4-11-6-8-12(9-7-11)15-19-13(10-21-3)14(17)16(20-15)18-5-2/h11-12H,4-10H2,1-3H3,(H,18,19,20). The highest BCUT2D eigenvalue weighted by Gasteiger charge is 2.25. The van der Waals surface area contributed by atoms with E-state index >= 15 is 0 Å². The van der Waals surface area contributed by atoms with Crippen molar-refractivity contribution in [1.82, 2.24) is 9.97 Å². The molecular formula is C16H26BrN3O. The predicted octanol–water partition coefficient (Wildman–Crippen LogP) is 4.50. The second-order valence-electron chi connectivity index (χ2n) is 5.78. The molecule has 21 heavy (non-hydrogen) atoms. The van der Waals surface area contributed by atoms with Crippen LogP contribution >= 0.6 is 15.9 Å². The lowest BCUT2D eigenvalue weighted by atomic mass is 9.80. The third kappa shape index (κ3) is 4.16. The molecule has 1 aliphatic carbocycles. The molecular weight excluding hydrogens is 330 g/mol. The minimum absolute atomic E-state index is 0.494. The summed E-state index contributed by atoms with van der Waals surface area (Å²) in [4.78, 5) is 9.51. The molecule has 0 saturated heterocycles. The molecule has 1 saturated carbocycles. The average molecular weight is 356 g/mol. The molecule has 0 atom stereocenters. The minimum atomic E-state index is 0.494. The first-order chi connectivity index (χ1) is 10.2. The number of nitrogens with zero attached hydrogens (tertiary/aromatic N) is 2. The van der Waals surface area contributed by atoms with Crippen LogP contribution in [0.3, 0.4) is 0 Å². The van der Waals surface area contributed by atoms with Gasteiger partial charge in [0.25, 0.3) is 0 Å². The third-order valence-electron chi connectivity index (χ3n) is 4.35. The first kappa shape index (κ1) is 16.7. The quantitative estimate of drug-likeness (QED) is 0.815. The Morgan fingerprint density at radius 3 is 2.48 bits per heavy atom. The largest absolute Gasteiger partial charge is 0.378 e. The number of hydrogen-bond acceptors (Lipinski definition) is 4. The molecule has 4 nitrogen and oxygen atoms in total. The van der Waals surface area contributed by atoms with Gasteiger partial charge in [0.05, 0.1) is 16.8 Å². The van der Waals surface area contributed by atoms with Gasteiger partial charge in [-0.15, -0.1) is 0 Å². The summed E-state index contributed by atoms with van der Waals surface area (Å²) in [5.41, 5.74) is 0.941. The summed E-state index contributed by atoms with van der Waals surface area (Å²) in [5, 5.41) is 3.32. The van der Waals surface area contributed by atoms with Gasteiger partial charge in [-0.05, 0) is 54.5 Å². The van der Waals surface area contributed by atoms with Crippen LogP contribution in [-0.4, -0.2) is 23.6 Å². The maximum absolute atomic E-state index is 5.27. The van der Waals surface area contributed by atoms with Crippen molar-refractivity contribution in [2.45, 2.75) is 58.5 Å². The lowest BCUT2D eigenvalue weighted by molar-refractivity contribution is 0.180. The van der Waals surface area contributed by atoms with Gasteiger partial charge in [-0.3, -0.25) is 0 Å². The van der Waals surface area contributed by atoms with Gasteiger partial charge in [-0.1, -0.05) is 13.3 Å². The first-order valence-electron chi connectivity index (χ1n) is 7.98. The fourth-order valence-corrected chi connectivity index (χ4v) is 3.47. The Morgan fingerprint density at radius 1 is 1.19 bits per heavy atom. The van der Waals surface area contributed by atoms with Crippen molar-refractivity contribution >= 4 is 21.7 Å². The first-order valence-corrected chi connectivity index (χ1v) is 8.77. The van der Waals surface area contributed by atoms with Gasteiger partial charge >= 0.3 is 0 Å². The van der Waals surface area contributed by atoms with Crippen LogP contribution in [0.4, 0.5) is 5.82 Å². The van der Waals surface area contributed by atoms with E-state index in [9.17, 15) is 0 Å². The van der Waals surface area contributed by atoms with E-state index in [1.807, 2.05) is 0 Å². The molecule has 0 aromatic carbocycles. The van der Waals surface area contributed by atoms with Gasteiger partial charge in [-0.2, -0.15) is 0 Å². The molecule has 1 aromatic heterocycles. The third-order valence-corrected chi connectivity index (χ3v) is 5.18. The molecule has 2 rings (SSSR count). The molecule has 118 valence electrons. The summed E-state index contributed by atoms with van der Waals surface area (Å²) < 4.78 is 6.20. The highest BCUT2D eigenvalue weighted by Crippen LogP contribution is 2.37. The van der Waals surface area contributed by atoms with Crippen molar-refractivity contribution in [3.05, 3.63) is 16.0 Å². The van der Waals surface area contributed by atoms with Crippen molar-refractivity contribution in [2.24, 2.45) is 5.92 Å². The Hall–Kier alpha value is -0.680. The summed E-state index contributed by atoms with van der Waals surface area (Å²) >= 11 is 3.59. The number of methoxy groups -OCH3 is 1. The lowest BCUT2D eigenvalue weighted by Crippen LogP contribution is -2.17. The molecule has 1 aliphatic rings. The van der Waals surface area contributed by atoms with Gasteiger partial charge in [0.15, 0.2) is 0 Å².